The van der Waals surface area contributed by atoms with Crippen molar-refractivity contribution in [2.24, 2.45) is 0 Å². The topological polar surface area (TPSA) is 75.6 Å². The Morgan fingerprint density at radius 3 is 2.55 bits per heavy atom. The third kappa shape index (κ3) is 4.32. The van der Waals surface area contributed by atoms with Gasteiger partial charge < -0.3 is 9.84 Å². The van der Waals surface area contributed by atoms with E-state index in [0.29, 0.717) is 0 Å². The molecular formula is C6H11NO4. The third-order valence-corrected chi connectivity index (χ3v) is 1.11. The summed E-state index contributed by atoms with van der Waals surface area (Å²) in [7, 11) is 1.25. The number of esters is 1. The van der Waals surface area contributed by atoms with Gasteiger partial charge in [0.15, 0.2) is 0 Å². The highest BCUT2D eigenvalue weighted by molar-refractivity contribution is 5.76. The lowest BCUT2D eigenvalue weighted by molar-refractivity contribution is -0.143. The van der Waals surface area contributed by atoms with E-state index in [1.807, 2.05) is 0 Å². The Kier molecular flexibility index (Phi) is 4.21. The van der Waals surface area contributed by atoms with Crippen LogP contribution in [0.15, 0.2) is 0 Å². The summed E-state index contributed by atoms with van der Waals surface area (Å²) < 4.78 is 4.35. The molecule has 0 aliphatic rings. The van der Waals surface area contributed by atoms with Gasteiger partial charge in [-0.25, -0.2) is 0 Å². The zero-order chi connectivity index (χ0) is 8.85. The number of hydrogen-bond acceptors (Lipinski definition) is 4. The van der Waals surface area contributed by atoms with Gasteiger partial charge in [-0.1, -0.05) is 0 Å². The minimum Gasteiger partial charge on any atom is -0.480 e. The van der Waals surface area contributed by atoms with Crippen molar-refractivity contribution < 1.29 is 19.4 Å². The highest BCUT2D eigenvalue weighted by Crippen LogP contribution is 1.83. The van der Waals surface area contributed by atoms with Crippen LogP contribution in [-0.2, 0) is 14.3 Å². The fourth-order valence-corrected chi connectivity index (χ4v) is 0.501. The molecule has 1 atom stereocenters. The van der Waals surface area contributed by atoms with Crippen molar-refractivity contribution in [1.29, 1.82) is 0 Å². The molecule has 0 aromatic heterocycles. The molecular weight excluding hydrogens is 150 g/mol. The fourth-order valence-electron chi connectivity index (χ4n) is 0.501. The summed E-state index contributed by atoms with van der Waals surface area (Å²) in [5.74, 6) is -1.47. The first-order valence-electron chi connectivity index (χ1n) is 3.11. The van der Waals surface area contributed by atoms with Gasteiger partial charge in [0.25, 0.3) is 0 Å². The molecule has 0 fully saturated rings. The van der Waals surface area contributed by atoms with E-state index in [9.17, 15) is 9.59 Å². The van der Waals surface area contributed by atoms with Crippen molar-refractivity contribution in [3.05, 3.63) is 0 Å². The zero-order valence-corrected chi connectivity index (χ0v) is 6.46. The number of hydrogen-bond donors (Lipinski definition) is 2. The number of nitrogens with one attached hydrogen (secondary N) is 1. The Labute approximate surface area is 64.3 Å². The number of carboxylic acids is 1. The van der Waals surface area contributed by atoms with Gasteiger partial charge in [0.2, 0.25) is 0 Å². The monoisotopic (exact) mass is 161 g/mol. The first-order valence-corrected chi connectivity index (χ1v) is 3.11. The molecule has 64 valence electrons. The summed E-state index contributed by atoms with van der Waals surface area (Å²) in [6, 6.07) is -0.573. The van der Waals surface area contributed by atoms with Crippen LogP contribution < -0.4 is 5.32 Å². The van der Waals surface area contributed by atoms with Gasteiger partial charge in [0.05, 0.1) is 13.7 Å². The van der Waals surface area contributed by atoms with E-state index < -0.39 is 18.0 Å². The Morgan fingerprint density at radius 2 is 2.18 bits per heavy atom. The first-order chi connectivity index (χ1) is 5.07. The van der Waals surface area contributed by atoms with E-state index in [1.165, 1.54) is 14.0 Å². The van der Waals surface area contributed by atoms with Gasteiger partial charge in [-0.3, -0.25) is 14.9 Å². The number of carbonyl (C=O) groups excluding carboxylic acids is 1. The lowest BCUT2D eigenvalue weighted by Crippen LogP contribution is -2.37. The minimum atomic E-state index is -0.999. The summed E-state index contributed by atoms with van der Waals surface area (Å²) >= 11 is 0. The van der Waals surface area contributed by atoms with Crippen LogP contribution in [-0.4, -0.2) is 36.7 Å². The summed E-state index contributed by atoms with van der Waals surface area (Å²) in [6.45, 7) is 1.30. The molecule has 5 heteroatoms. The predicted octanol–water partition coefficient (Wildman–Crippen LogP) is -0.778. The maximum absolute atomic E-state index is 10.6. The molecule has 0 saturated heterocycles. The van der Waals surface area contributed by atoms with E-state index >= 15 is 0 Å². The predicted molar refractivity (Wildman–Crippen MR) is 37.1 cm³/mol. The van der Waals surface area contributed by atoms with Crippen LogP contribution >= 0.6 is 0 Å². The van der Waals surface area contributed by atoms with Crippen LogP contribution in [0.3, 0.4) is 0 Å². The molecule has 5 nitrogen and oxygen atoms in total. The molecule has 0 saturated carbocycles. The molecule has 0 spiro atoms. The maximum Gasteiger partial charge on any atom is 0.322 e. The molecule has 0 aromatic carbocycles. The summed E-state index contributed by atoms with van der Waals surface area (Å²) in [5, 5.41) is 10.7. The Balaban J connectivity index is 3.60. The minimum absolute atomic E-state index is 0.240. The van der Waals surface area contributed by atoms with Crippen LogP contribution in [0, 0.1) is 0 Å². The largest absolute Gasteiger partial charge is 0.480 e. The van der Waals surface area contributed by atoms with Gasteiger partial charge in [-0.2, -0.15) is 0 Å². The fraction of sp³-hybridized carbons (Fsp3) is 0.667. The Hall–Kier alpha value is -1.10. The molecule has 0 amide bonds. The Morgan fingerprint density at radius 1 is 1.64 bits per heavy atom. The van der Waals surface area contributed by atoms with E-state index in [4.69, 9.17) is 5.11 Å². The molecule has 2 N–H and O–H groups in total. The van der Waals surface area contributed by atoms with E-state index in [1.54, 1.807) is 0 Å². The summed E-state index contributed by atoms with van der Waals surface area (Å²) in [4.78, 5) is 20.6. The average molecular weight is 161 g/mol. The van der Waals surface area contributed by atoms with Crippen molar-refractivity contribution in [2.75, 3.05) is 13.7 Å². The summed E-state index contributed by atoms with van der Waals surface area (Å²) in [5.41, 5.74) is 0. The average Bonchev–Trinajstić information content (AvgIpc) is 1.98. The third-order valence-electron chi connectivity index (χ3n) is 1.11. The smallest absolute Gasteiger partial charge is 0.322 e. The zero-order valence-electron chi connectivity index (χ0n) is 6.46. The quantitative estimate of drug-likeness (QED) is 0.529. The van der Waals surface area contributed by atoms with Crippen molar-refractivity contribution >= 4 is 11.9 Å². The van der Waals surface area contributed by atoms with Crippen LogP contribution in [0.5, 0.6) is 0 Å². The lowest BCUT2D eigenvalue weighted by atomic mass is 10.3. The van der Waals surface area contributed by atoms with E-state index in [2.05, 4.69) is 10.1 Å². The van der Waals surface area contributed by atoms with Crippen LogP contribution in [0.25, 0.3) is 0 Å². The van der Waals surface area contributed by atoms with Gasteiger partial charge in [-0.05, 0) is 6.92 Å². The number of carboxylic acid groups (broad SMARTS) is 1. The molecule has 0 aromatic rings. The molecule has 0 heterocycles. The van der Waals surface area contributed by atoms with Crippen LogP contribution in [0.2, 0.25) is 0 Å². The molecule has 0 bridgehead atoms. The highest BCUT2D eigenvalue weighted by atomic mass is 16.5. The lowest BCUT2D eigenvalue weighted by Gasteiger charge is -2.08. The molecule has 0 unspecified atom stereocenters. The Bertz CT molecular complexity index is 157. The molecule has 0 aliphatic heterocycles. The molecule has 0 aliphatic carbocycles. The van der Waals surface area contributed by atoms with E-state index in [0.717, 1.165) is 0 Å². The molecule has 11 heavy (non-hydrogen) atoms. The SMILES string of the molecule is COC(=O)[C@H](C)NCC(=O)O. The second-order valence-electron chi connectivity index (χ2n) is 2.02. The maximum atomic E-state index is 10.6. The van der Waals surface area contributed by atoms with Crippen molar-refractivity contribution in [3.63, 3.8) is 0 Å². The number of rotatable bonds is 4. The van der Waals surface area contributed by atoms with Crippen molar-refractivity contribution in [1.82, 2.24) is 5.32 Å². The van der Waals surface area contributed by atoms with Gasteiger partial charge in [0, 0.05) is 0 Å². The van der Waals surface area contributed by atoms with Gasteiger partial charge in [-0.15, -0.1) is 0 Å². The number of carbonyl (C=O) groups is 2. The molecule has 0 radical (unpaired) electrons. The standard InChI is InChI=1S/C6H11NO4/c1-4(6(10)11-2)7-3-5(8)9/h4,7H,3H2,1-2H3,(H,8,9)/t4-/m0/s1. The highest BCUT2D eigenvalue weighted by Gasteiger charge is 2.12. The summed E-state index contributed by atoms with van der Waals surface area (Å²) in [6.07, 6.45) is 0. The number of ether oxygens (including phenoxy) is 1. The van der Waals surface area contributed by atoms with Crippen molar-refractivity contribution in [3.8, 4) is 0 Å². The van der Waals surface area contributed by atoms with Crippen LogP contribution in [0.1, 0.15) is 6.92 Å². The van der Waals surface area contributed by atoms with E-state index in [-0.39, 0.29) is 6.54 Å². The van der Waals surface area contributed by atoms with Gasteiger partial charge >= 0.3 is 11.9 Å². The van der Waals surface area contributed by atoms with Crippen LogP contribution in [0.4, 0.5) is 0 Å². The molecule has 0 rings (SSSR count). The second kappa shape index (κ2) is 4.68. The second-order valence-corrected chi connectivity index (χ2v) is 2.02. The number of methoxy groups -OCH3 is 1. The first kappa shape index (κ1) is 9.90. The number of aliphatic carboxylic acids is 1. The van der Waals surface area contributed by atoms with Crippen molar-refractivity contribution in [2.45, 2.75) is 13.0 Å². The normalized spacial score (nSPS) is 12.2. The van der Waals surface area contributed by atoms with Gasteiger partial charge in [0.1, 0.15) is 6.04 Å².